The Kier molecular flexibility index (Phi) is 6.52. The van der Waals surface area contributed by atoms with Gasteiger partial charge in [0.2, 0.25) is 0 Å². The summed E-state index contributed by atoms with van der Waals surface area (Å²) in [7, 11) is 0. The number of hydrogen-bond donors (Lipinski definition) is 0. The molecule has 0 unspecified atom stereocenters. The van der Waals surface area contributed by atoms with Crippen LogP contribution in [-0.2, 0) is 4.79 Å². The number of rotatable bonds is 2. The predicted octanol–water partition coefficient (Wildman–Crippen LogP) is 6.57. The maximum Gasteiger partial charge on any atom is 0.159 e. The van der Waals surface area contributed by atoms with E-state index in [0.717, 1.165) is 18.4 Å². The van der Waals surface area contributed by atoms with Gasteiger partial charge in [-0.1, -0.05) is 92.2 Å². The smallest absolute Gasteiger partial charge is 0.159 e. The number of ketones is 1. The molecule has 0 heterocycles. The summed E-state index contributed by atoms with van der Waals surface area (Å²) in [5, 5.41) is 0. The summed E-state index contributed by atoms with van der Waals surface area (Å²) in [4.78, 5) is 11.4. The first-order chi connectivity index (χ1) is 11.9. The maximum atomic E-state index is 11.4. The van der Waals surface area contributed by atoms with Gasteiger partial charge in [0.1, 0.15) is 0 Å². The second-order valence-corrected chi connectivity index (χ2v) is 7.50. The molecule has 0 radical (unpaired) electrons. The van der Waals surface area contributed by atoms with E-state index in [1.165, 1.54) is 16.7 Å². The molecule has 1 aliphatic carbocycles. The van der Waals surface area contributed by atoms with Crippen molar-refractivity contribution in [3.63, 3.8) is 0 Å². The third kappa shape index (κ3) is 6.19. The Hall–Kier alpha value is -2.41. The van der Waals surface area contributed by atoms with Crippen LogP contribution in [0.4, 0.5) is 0 Å². The summed E-state index contributed by atoms with van der Waals surface area (Å²) in [6.45, 7) is 8.31. The highest BCUT2D eigenvalue weighted by Crippen LogP contribution is 2.36. The molecule has 0 atom stereocenters. The first-order valence-corrected chi connectivity index (χ1v) is 8.85. The Balaban J connectivity index is 0.000000186. The van der Waals surface area contributed by atoms with E-state index in [1.54, 1.807) is 0 Å². The molecule has 0 saturated carbocycles. The van der Waals surface area contributed by atoms with E-state index < -0.39 is 0 Å². The lowest BCUT2D eigenvalue weighted by Crippen LogP contribution is -2.23. The lowest BCUT2D eigenvalue weighted by atomic mass is 9.74. The first kappa shape index (κ1) is 18.9. The number of carbonyl (C=O) groups is 1. The first-order valence-electron chi connectivity index (χ1n) is 8.85. The molecule has 0 fully saturated rings. The minimum absolute atomic E-state index is 0.195. The number of Topliss-reactive ketones (excluding diaryl/α,β-unsaturated/α-hetero) is 1. The molecule has 3 rings (SSSR count). The van der Waals surface area contributed by atoms with Crippen molar-refractivity contribution >= 4 is 17.9 Å². The zero-order chi connectivity index (χ0) is 18.3. The summed E-state index contributed by atoms with van der Waals surface area (Å²) in [6, 6.07) is 20.6. The van der Waals surface area contributed by atoms with Crippen LogP contribution in [0.25, 0.3) is 12.2 Å². The van der Waals surface area contributed by atoms with E-state index in [1.807, 2.05) is 43.3 Å². The van der Waals surface area contributed by atoms with Gasteiger partial charge in [-0.2, -0.15) is 0 Å². The van der Waals surface area contributed by atoms with Crippen LogP contribution in [0.3, 0.4) is 0 Å². The third-order valence-corrected chi connectivity index (χ3v) is 4.51. The average molecular weight is 332 g/mol. The second kappa shape index (κ2) is 8.62. The molecule has 1 aliphatic rings. The number of benzene rings is 2. The van der Waals surface area contributed by atoms with E-state index in [4.69, 9.17) is 0 Å². The summed E-state index contributed by atoms with van der Waals surface area (Å²) in [6.07, 6.45) is 6.03. The van der Waals surface area contributed by atoms with Gasteiger partial charge in [-0.25, -0.2) is 0 Å². The Labute approximate surface area is 152 Å². The van der Waals surface area contributed by atoms with Gasteiger partial charge in [-0.15, -0.1) is 0 Å². The molecule has 0 spiro atoms. The molecule has 25 heavy (non-hydrogen) atoms. The van der Waals surface area contributed by atoms with Crippen LogP contribution in [0.1, 0.15) is 51.7 Å². The highest BCUT2D eigenvalue weighted by molar-refractivity contribution is 5.96. The standard InChI is InChI=1S/C14H12.C10H16O/c1-3-7-13(8-4-1)11-12-14-9-5-2-6-10-14;1-7-5-10(3,4)6-9(11)8(7)2/h1-12H;5-6H2,1-4H3. The van der Waals surface area contributed by atoms with Gasteiger partial charge >= 0.3 is 0 Å². The van der Waals surface area contributed by atoms with Crippen molar-refractivity contribution in [3.05, 3.63) is 82.9 Å². The molecule has 2 aromatic rings. The van der Waals surface area contributed by atoms with E-state index in [9.17, 15) is 4.79 Å². The van der Waals surface area contributed by atoms with Gasteiger partial charge < -0.3 is 0 Å². The molecular formula is C24H28O. The molecule has 0 aliphatic heterocycles. The highest BCUT2D eigenvalue weighted by Gasteiger charge is 2.28. The molecule has 0 amide bonds. The SMILES string of the molecule is C(=Cc1ccccc1)c1ccccc1.CC1=C(C)C(=O)CC(C)(C)C1. The number of allylic oxidation sites excluding steroid dienone is 2. The molecule has 1 nitrogen and oxygen atoms in total. The minimum Gasteiger partial charge on any atom is -0.295 e. The topological polar surface area (TPSA) is 17.1 Å². The molecule has 0 saturated heterocycles. The summed E-state index contributed by atoms with van der Waals surface area (Å²) >= 11 is 0. The van der Waals surface area contributed by atoms with Crippen LogP contribution in [0.5, 0.6) is 0 Å². The van der Waals surface area contributed by atoms with Crippen molar-refractivity contribution in [1.82, 2.24) is 0 Å². The quantitative estimate of drug-likeness (QED) is 0.568. The van der Waals surface area contributed by atoms with Gasteiger partial charge in [0.25, 0.3) is 0 Å². The van der Waals surface area contributed by atoms with Gasteiger partial charge in [0.05, 0.1) is 0 Å². The van der Waals surface area contributed by atoms with Crippen molar-refractivity contribution in [2.45, 2.75) is 40.5 Å². The predicted molar refractivity (Wildman–Crippen MR) is 108 cm³/mol. The summed E-state index contributed by atoms with van der Waals surface area (Å²) in [5.41, 5.74) is 4.92. The molecular weight excluding hydrogens is 304 g/mol. The fraction of sp³-hybridized carbons (Fsp3) is 0.292. The molecule has 1 heteroatoms. The fourth-order valence-electron chi connectivity index (χ4n) is 3.04. The largest absolute Gasteiger partial charge is 0.295 e. The molecule has 0 bridgehead atoms. The van der Waals surface area contributed by atoms with Crippen molar-refractivity contribution in [2.24, 2.45) is 5.41 Å². The number of carbonyl (C=O) groups excluding carboxylic acids is 1. The summed E-state index contributed by atoms with van der Waals surface area (Å²) in [5.74, 6) is 0.332. The number of hydrogen-bond acceptors (Lipinski definition) is 1. The zero-order valence-corrected chi connectivity index (χ0v) is 15.8. The molecule has 130 valence electrons. The fourth-order valence-corrected chi connectivity index (χ4v) is 3.04. The second-order valence-electron chi connectivity index (χ2n) is 7.50. The van der Waals surface area contributed by atoms with Crippen LogP contribution in [0, 0.1) is 5.41 Å². The Morgan fingerprint density at radius 1 is 0.760 bits per heavy atom. The van der Waals surface area contributed by atoms with Gasteiger partial charge in [0, 0.05) is 6.42 Å². The van der Waals surface area contributed by atoms with Crippen LogP contribution in [-0.4, -0.2) is 5.78 Å². The highest BCUT2D eigenvalue weighted by atomic mass is 16.1. The summed E-state index contributed by atoms with van der Waals surface area (Å²) < 4.78 is 0. The van der Waals surface area contributed by atoms with Crippen molar-refractivity contribution < 1.29 is 4.79 Å². The molecule has 0 N–H and O–H groups in total. The van der Waals surface area contributed by atoms with E-state index in [2.05, 4.69) is 57.2 Å². The van der Waals surface area contributed by atoms with E-state index >= 15 is 0 Å². The minimum atomic E-state index is 0.195. The van der Waals surface area contributed by atoms with Crippen LogP contribution in [0.15, 0.2) is 71.8 Å². The molecule has 0 aromatic heterocycles. The van der Waals surface area contributed by atoms with Crippen molar-refractivity contribution in [1.29, 1.82) is 0 Å². The van der Waals surface area contributed by atoms with Gasteiger partial charge in [-0.3, -0.25) is 4.79 Å². The lowest BCUT2D eigenvalue weighted by molar-refractivity contribution is -0.118. The van der Waals surface area contributed by atoms with Crippen molar-refractivity contribution in [3.8, 4) is 0 Å². The van der Waals surface area contributed by atoms with Gasteiger partial charge in [0.15, 0.2) is 5.78 Å². The molecule has 2 aromatic carbocycles. The Bertz CT molecular complexity index is 708. The lowest BCUT2D eigenvalue weighted by Gasteiger charge is -2.29. The third-order valence-electron chi connectivity index (χ3n) is 4.51. The zero-order valence-electron chi connectivity index (χ0n) is 15.8. The van der Waals surface area contributed by atoms with Gasteiger partial charge in [-0.05, 0) is 42.4 Å². The van der Waals surface area contributed by atoms with E-state index in [-0.39, 0.29) is 5.41 Å². The maximum absolute atomic E-state index is 11.4. The Morgan fingerprint density at radius 3 is 1.60 bits per heavy atom. The normalized spacial score (nSPS) is 16.6. The van der Waals surface area contributed by atoms with Crippen LogP contribution < -0.4 is 0 Å². The monoisotopic (exact) mass is 332 g/mol. The van der Waals surface area contributed by atoms with Crippen LogP contribution in [0.2, 0.25) is 0 Å². The van der Waals surface area contributed by atoms with Crippen LogP contribution >= 0.6 is 0 Å². The average Bonchev–Trinajstić information content (AvgIpc) is 2.59. The van der Waals surface area contributed by atoms with Crippen molar-refractivity contribution in [2.75, 3.05) is 0 Å². The Morgan fingerprint density at radius 2 is 1.20 bits per heavy atom. The van der Waals surface area contributed by atoms with E-state index in [0.29, 0.717) is 5.78 Å².